The summed E-state index contributed by atoms with van der Waals surface area (Å²) < 4.78 is 25.1. The summed E-state index contributed by atoms with van der Waals surface area (Å²) in [6.45, 7) is 4.65. The second-order valence-corrected chi connectivity index (χ2v) is 4.38. The normalized spacial score (nSPS) is 13.4. The van der Waals surface area contributed by atoms with Gasteiger partial charge in [-0.15, -0.1) is 0 Å². The Labute approximate surface area is 89.0 Å². The summed E-state index contributed by atoms with van der Waals surface area (Å²) in [6.07, 6.45) is 6.85. The fraction of sp³-hybridized carbons (Fsp3) is 1.00. The van der Waals surface area contributed by atoms with Gasteiger partial charge >= 0.3 is 0 Å². The Hall–Kier alpha value is -0.0900. The van der Waals surface area contributed by atoms with Crippen molar-refractivity contribution in [2.24, 2.45) is 5.92 Å². The van der Waals surface area contributed by atoms with Crippen LogP contribution >= 0.6 is 0 Å². The van der Waals surface area contributed by atoms with E-state index in [4.69, 9.17) is 0 Å². The van der Waals surface area contributed by atoms with Crippen LogP contribution in [0, 0.1) is 5.92 Å². The van der Waals surface area contributed by atoms with Crippen LogP contribution in [0.25, 0.3) is 0 Å². The number of unbranched alkanes of at least 4 members (excludes halogenated alkanes) is 2. The van der Waals surface area contributed by atoms with E-state index in [1.165, 1.54) is 19.3 Å². The molecule has 0 aliphatic heterocycles. The lowest BCUT2D eigenvalue weighted by atomic mass is 9.98. The predicted molar refractivity (Wildman–Crippen MR) is 58.8 cm³/mol. The number of rotatable bonds is 9. The molecule has 0 saturated heterocycles. The van der Waals surface area contributed by atoms with Crippen LogP contribution < -0.4 is 0 Å². The first-order chi connectivity index (χ1) is 6.70. The van der Waals surface area contributed by atoms with Crippen molar-refractivity contribution in [3.63, 3.8) is 0 Å². The monoisotopic (exact) mass is 222 g/mol. The summed E-state index contributed by atoms with van der Waals surface area (Å²) in [5.74, 6) is 0.416. The molecule has 0 spiro atoms. The highest BCUT2D eigenvalue weighted by molar-refractivity contribution is 7.67. The molecule has 0 amide bonds. The molecule has 3 nitrogen and oxygen atoms in total. The van der Waals surface area contributed by atoms with Crippen molar-refractivity contribution < 1.29 is 12.6 Å². The second-order valence-electron chi connectivity index (χ2n) is 3.67. The maximum Gasteiger partial charge on any atom is 0.257 e. The minimum atomic E-state index is -2.66. The van der Waals surface area contributed by atoms with E-state index in [1.54, 1.807) is 0 Å². The third kappa shape index (κ3) is 8.51. The molecule has 0 radical (unpaired) electrons. The van der Waals surface area contributed by atoms with Crippen molar-refractivity contribution in [1.82, 2.24) is 0 Å². The van der Waals surface area contributed by atoms with Crippen LogP contribution in [-0.4, -0.2) is 15.0 Å². The summed E-state index contributed by atoms with van der Waals surface area (Å²) in [5.41, 5.74) is 0. The molecule has 0 saturated carbocycles. The lowest BCUT2D eigenvalue weighted by Crippen LogP contribution is -2.09. The number of thiol groups is 1. The maximum absolute atomic E-state index is 10.3. The summed E-state index contributed by atoms with van der Waals surface area (Å²) in [6, 6.07) is 0. The fourth-order valence-corrected chi connectivity index (χ4v) is 1.90. The molecular weight excluding hydrogens is 200 g/mol. The van der Waals surface area contributed by atoms with Crippen molar-refractivity contribution in [2.75, 3.05) is 6.61 Å². The Kier molecular flexibility index (Phi) is 9.40. The molecule has 86 valence electrons. The molecule has 0 N–H and O–H groups in total. The standard InChI is InChI=1S/C10H22O3S/c1-3-5-6-8-10(7-4-2)9-13-14(11)12/h10,14H,3-9H2,1-2H3. The highest BCUT2D eigenvalue weighted by atomic mass is 32.2. The topological polar surface area (TPSA) is 43.4 Å². The van der Waals surface area contributed by atoms with Gasteiger partial charge in [0.2, 0.25) is 0 Å². The number of hydrogen-bond acceptors (Lipinski definition) is 3. The molecule has 0 aromatic carbocycles. The molecule has 1 atom stereocenters. The molecule has 14 heavy (non-hydrogen) atoms. The van der Waals surface area contributed by atoms with E-state index < -0.39 is 11.0 Å². The van der Waals surface area contributed by atoms with Crippen LogP contribution in [0.3, 0.4) is 0 Å². The van der Waals surface area contributed by atoms with Gasteiger partial charge in [-0.25, -0.2) is 8.42 Å². The van der Waals surface area contributed by atoms with E-state index in [0.717, 1.165) is 19.3 Å². The van der Waals surface area contributed by atoms with Crippen LogP contribution in [0.5, 0.6) is 0 Å². The molecule has 0 aromatic rings. The SMILES string of the molecule is CCCCCC(CCC)CO[SH](=O)=O. The smallest absolute Gasteiger partial charge is 0.257 e. The highest BCUT2D eigenvalue weighted by Crippen LogP contribution is 2.15. The largest absolute Gasteiger partial charge is 0.272 e. The quantitative estimate of drug-likeness (QED) is 0.481. The summed E-state index contributed by atoms with van der Waals surface area (Å²) >= 11 is 0. The first-order valence-corrected chi connectivity index (χ1v) is 6.57. The zero-order valence-corrected chi connectivity index (χ0v) is 10.1. The van der Waals surface area contributed by atoms with Gasteiger partial charge in [0.05, 0.1) is 6.61 Å². The van der Waals surface area contributed by atoms with Gasteiger partial charge in [-0.2, -0.15) is 0 Å². The summed E-state index contributed by atoms with van der Waals surface area (Å²) in [4.78, 5) is 0. The molecular formula is C10H22O3S. The minimum Gasteiger partial charge on any atom is -0.272 e. The Morgan fingerprint density at radius 3 is 2.29 bits per heavy atom. The van der Waals surface area contributed by atoms with Crippen molar-refractivity contribution in [2.45, 2.75) is 52.4 Å². The van der Waals surface area contributed by atoms with Crippen molar-refractivity contribution >= 4 is 11.0 Å². The Balaban J connectivity index is 3.64. The molecule has 4 heteroatoms. The van der Waals surface area contributed by atoms with E-state index >= 15 is 0 Å². The van der Waals surface area contributed by atoms with Gasteiger partial charge in [0.15, 0.2) is 0 Å². The van der Waals surface area contributed by atoms with Crippen molar-refractivity contribution in [3.05, 3.63) is 0 Å². The third-order valence-electron chi connectivity index (χ3n) is 2.33. The van der Waals surface area contributed by atoms with Gasteiger partial charge in [-0.05, 0) is 18.8 Å². The lowest BCUT2D eigenvalue weighted by molar-refractivity contribution is 0.240. The molecule has 1 unspecified atom stereocenters. The van der Waals surface area contributed by atoms with E-state index in [2.05, 4.69) is 18.0 Å². The minimum absolute atomic E-state index is 0.371. The van der Waals surface area contributed by atoms with Gasteiger partial charge in [-0.1, -0.05) is 39.5 Å². The third-order valence-corrected chi connectivity index (χ3v) is 2.69. The van der Waals surface area contributed by atoms with Crippen LogP contribution in [0.15, 0.2) is 0 Å². The molecule has 0 aliphatic rings. The number of hydrogen-bond donors (Lipinski definition) is 1. The van der Waals surface area contributed by atoms with E-state index in [-0.39, 0.29) is 0 Å². The molecule has 0 heterocycles. The Bertz CT molecular complexity index is 182. The van der Waals surface area contributed by atoms with Crippen molar-refractivity contribution in [3.8, 4) is 0 Å². The lowest BCUT2D eigenvalue weighted by Gasteiger charge is -2.13. The first-order valence-electron chi connectivity index (χ1n) is 5.48. The summed E-state index contributed by atoms with van der Waals surface area (Å²) in [7, 11) is -2.66. The molecule has 0 aromatic heterocycles. The predicted octanol–water partition coefficient (Wildman–Crippen LogP) is 2.53. The van der Waals surface area contributed by atoms with Crippen LogP contribution in [0.4, 0.5) is 0 Å². The van der Waals surface area contributed by atoms with Crippen LogP contribution in [0.2, 0.25) is 0 Å². The van der Waals surface area contributed by atoms with E-state index in [9.17, 15) is 8.42 Å². The van der Waals surface area contributed by atoms with E-state index in [0.29, 0.717) is 12.5 Å². The van der Waals surface area contributed by atoms with Gasteiger partial charge in [0, 0.05) is 0 Å². The van der Waals surface area contributed by atoms with Gasteiger partial charge < -0.3 is 0 Å². The Morgan fingerprint density at radius 2 is 1.79 bits per heavy atom. The molecule has 0 bridgehead atoms. The molecule has 0 aliphatic carbocycles. The van der Waals surface area contributed by atoms with Crippen LogP contribution in [0.1, 0.15) is 52.4 Å². The van der Waals surface area contributed by atoms with Crippen LogP contribution in [-0.2, 0) is 15.2 Å². The van der Waals surface area contributed by atoms with Gasteiger partial charge in [0.25, 0.3) is 11.0 Å². The van der Waals surface area contributed by atoms with Gasteiger partial charge in [0.1, 0.15) is 0 Å². The second kappa shape index (κ2) is 9.46. The maximum atomic E-state index is 10.3. The highest BCUT2D eigenvalue weighted by Gasteiger charge is 2.07. The molecule has 0 rings (SSSR count). The first kappa shape index (κ1) is 13.9. The Morgan fingerprint density at radius 1 is 1.07 bits per heavy atom. The average molecular weight is 222 g/mol. The van der Waals surface area contributed by atoms with Gasteiger partial charge in [-0.3, -0.25) is 4.18 Å². The zero-order valence-electron chi connectivity index (χ0n) is 9.20. The zero-order chi connectivity index (χ0) is 10.8. The fourth-order valence-electron chi connectivity index (χ4n) is 1.57. The molecule has 0 fully saturated rings. The summed E-state index contributed by atoms with van der Waals surface area (Å²) in [5, 5.41) is 0. The average Bonchev–Trinajstić information content (AvgIpc) is 2.14. The van der Waals surface area contributed by atoms with Crippen molar-refractivity contribution in [1.29, 1.82) is 0 Å². The van der Waals surface area contributed by atoms with E-state index in [1.807, 2.05) is 0 Å².